The zero-order valence-electron chi connectivity index (χ0n) is 12.2. The quantitative estimate of drug-likeness (QED) is 0.299. The standard InChI is InChI=1S/C17H14BrNO3/c1-17(2,18)16(20)10-3-5-14-11(7-10)8-12-9-13(19(21)22)4-6-15(12)14/h3-7,9H,8H2,1-2H3. The number of nitrogens with zero attached hydrogens (tertiary/aromatic N) is 1. The minimum absolute atomic E-state index is 0.0252. The van der Waals surface area contributed by atoms with Gasteiger partial charge in [-0.15, -0.1) is 0 Å². The molecule has 0 saturated heterocycles. The molecule has 5 heteroatoms. The van der Waals surface area contributed by atoms with Crippen molar-refractivity contribution in [1.82, 2.24) is 0 Å². The molecule has 0 bridgehead atoms. The van der Waals surface area contributed by atoms with Gasteiger partial charge in [-0.3, -0.25) is 14.9 Å². The molecule has 2 aromatic carbocycles. The van der Waals surface area contributed by atoms with E-state index in [-0.39, 0.29) is 16.4 Å². The first kappa shape index (κ1) is 14.9. The van der Waals surface area contributed by atoms with E-state index in [1.807, 2.05) is 32.0 Å². The summed E-state index contributed by atoms with van der Waals surface area (Å²) in [7, 11) is 0. The van der Waals surface area contributed by atoms with Crippen LogP contribution in [-0.2, 0) is 6.42 Å². The molecule has 0 spiro atoms. The van der Waals surface area contributed by atoms with Crippen molar-refractivity contribution in [3.63, 3.8) is 0 Å². The number of nitro groups is 1. The third-order valence-corrected chi connectivity index (χ3v) is 4.24. The number of non-ortho nitro benzene ring substituents is 1. The van der Waals surface area contributed by atoms with Gasteiger partial charge in [-0.25, -0.2) is 0 Å². The summed E-state index contributed by atoms with van der Waals surface area (Å²) in [6.07, 6.45) is 0.621. The molecule has 0 radical (unpaired) electrons. The Morgan fingerprint density at radius 2 is 1.73 bits per heavy atom. The number of carbonyl (C=O) groups is 1. The summed E-state index contributed by atoms with van der Waals surface area (Å²) in [5.74, 6) is 0.0252. The molecule has 1 aliphatic carbocycles. The lowest BCUT2D eigenvalue weighted by molar-refractivity contribution is -0.384. The maximum absolute atomic E-state index is 12.3. The van der Waals surface area contributed by atoms with Gasteiger partial charge in [-0.05, 0) is 54.7 Å². The van der Waals surface area contributed by atoms with E-state index in [0.29, 0.717) is 12.0 Å². The number of alkyl halides is 1. The fourth-order valence-corrected chi connectivity index (χ4v) is 3.02. The van der Waals surface area contributed by atoms with Crippen molar-refractivity contribution in [2.24, 2.45) is 0 Å². The van der Waals surface area contributed by atoms with E-state index in [0.717, 1.165) is 22.3 Å². The van der Waals surface area contributed by atoms with Gasteiger partial charge in [-0.2, -0.15) is 0 Å². The zero-order valence-corrected chi connectivity index (χ0v) is 13.8. The molecule has 22 heavy (non-hydrogen) atoms. The van der Waals surface area contributed by atoms with Crippen LogP contribution in [0.4, 0.5) is 5.69 Å². The van der Waals surface area contributed by atoms with Gasteiger partial charge in [0.2, 0.25) is 0 Å². The van der Waals surface area contributed by atoms with Gasteiger partial charge in [0.1, 0.15) is 0 Å². The minimum atomic E-state index is -0.606. The van der Waals surface area contributed by atoms with Crippen LogP contribution in [0.5, 0.6) is 0 Å². The van der Waals surface area contributed by atoms with E-state index in [1.165, 1.54) is 6.07 Å². The Morgan fingerprint density at radius 1 is 1.14 bits per heavy atom. The largest absolute Gasteiger partial charge is 0.293 e. The Bertz CT molecular complexity index is 806. The molecular formula is C17H14BrNO3. The number of rotatable bonds is 3. The second-order valence-electron chi connectivity index (χ2n) is 5.95. The monoisotopic (exact) mass is 359 g/mol. The van der Waals surface area contributed by atoms with Crippen LogP contribution in [0.25, 0.3) is 11.1 Å². The van der Waals surface area contributed by atoms with Crippen molar-refractivity contribution in [3.05, 3.63) is 63.2 Å². The van der Waals surface area contributed by atoms with Gasteiger partial charge in [-0.1, -0.05) is 28.1 Å². The molecule has 1 aliphatic rings. The minimum Gasteiger partial charge on any atom is -0.293 e. The summed E-state index contributed by atoms with van der Waals surface area (Å²) in [4.78, 5) is 22.8. The maximum Gasteiger partial charge on any atom is 0.269 e. The van der Waals surface area contributed by atoms with Gasteiger partial charge in [0.15, 0.2) is 5.78 Å². The molecule has 0 unspecified atom stereocenters. The molecule has 0 aromatic heterocycles. The average Bonchev–Trinajstić information content (AvgIpc) is 2.81. The molecule has 0 saturated carbocycles. The van der Waals surface area contributed by atoms with E-state index in [4.69, 9.17) is 0 Å². The lowest BCUT2D eigenvalue weighted by Gasteiger charge is -2.15. The van der Waals surface area contributed by atoms with E-state index >= 15 is 0 Å². The van der Waals surface area contributed by atoms with Crippen LogP contribution in [0.1, 0.15) is 35.3 Å². The number of ketones is 1. The van der Waals surface area contributed by atoms with E-state index in [2.05, 4.69) is 15.9 Å². The molecule has 112 valence electrons. The van der Waals surface area contributed by atoms with Crippen LogP contribution >= 0.6 is 15.9 Å². The summed E-state index contributed by atoms with van der Waals surface area (Å²) >= 11 is 3.39. The highest BCUT2D eigenvalue weighted by atomic mass is 79.9. The summed E-state index contributed by atoms with van der Waals surface area (Å²) in [6, 6.07) is 10.6. The maximum atomic E-state index is 12.3. The first-order chi connectivity index (χ1) is 10.3. The average molecular weight is 360 g/mol. The third-order valence-electron chi connectivity index (χ3n) is 3.88. The Balaban J connectivity index is 2.02. The number of fused-ring (bicyclic) bond motifs is 3. The number of hydrogen-bond acceptors (Lipinski definition) is 3. The van der Waals surface area contributed by atoms with Crippen LogP contribution in [0.3, 0.4) is 0 Å². The summed E-state index contributed by atoms with van der Waals surface area (Å²) in [5.41, 5.74) is 4.80. The lowest BCUT2D eigenvalue weighted by Crippen LogP contribution is -2.24. The van der Waals surface area contributed by atoms with Crippen molar-refractivity contribution in [1.29, 1.82) is 0 Å². The van der Waals surface area contributed by atoms with Gasteiger partial charge >= 0.3 is 0 Å². The second kappa shape index (κ2) is 5.02. The molecule has 2 aromatic rings. The van der Waals surface area contributed by atoms with Crippen molar-refractivity contribution in [3.8, 4) is 11.1 Å². The molecule has 3 rings (SSSR count). The van der Waals surface area contributed by atoms with Crippen molar-refractivity contribution < 1.29 is 9.72 Å². The number of Topliss-reactive ketones (excluding diaryl/α,β-unsaturated/α-hetero) is 1. The van der Waals surface area contributed by atoms with E-state index in [1.54, 1.807) is 12.1 Å². The van der Waals surface area contributed by atoms with Crippen LogP contribution in [-0.4, -0.2) is 15.0 Å². The molecule has 0 aliphatic heterocycles. The summed E-state index contributed by atoms with van der Waals surface area (Å²) in [5, 5.41) is 10.9. The highest BCUT2D eigenvalue weighted by Gasteiger charge is 2.27. The Labute approximate surface area is 136 Å². The third kappa shape index (κ3) is 2.46. The molecule has 0 atom stereocenters. The molecule has 0 fully saturated rings. The van der Waals surface area contributed by atoms with Crippen molar-refractivity contribution in [2.45, 2.75) is 24.6 Å². The number of carbonyl (C=O) groups excluding carboxylic acids is 1. The Kier molecular flexibility index (Phi) is 3.40. The lowest BCUT2D eigenvalue weighted by atomic mass is 9.96. The molecule has 0 heterocycles. The first-order valence-corrected chi connectivity index (χ1v) is 7.71. The second-order valence-corrected chi connectivity index (χ2v) is 7.93. The smallest absolute Gasteiger partial charge is 0.269 e. The Hall–Kier alpha value is -2.01. The first-order valence-electron chi connectivity index (χ1n) is 6.92. The number of hydrogen-bond donors (Lipinski definition) is 0. The van der Waals surface area contributed by atoms with Crippen LogP contribution in [0.2, 0.25) is 0 Å². The van der Waals surface area contributed by atoms with E-state index in [9.17, 15) is 14.9 Å². The summed E-state index contributed by atoms with van der Waals surface area (Å²) < 4.78 is -0.606. The van der Waals surface area contributed by atoms with E-state index < -0.39 is 4.32 Å². The zero-order chi connectivity index (χ0) is 16.1. The molecular weight excluding hydrogens is 346 g/mol. The van der Waals surface area contributed by atoms with Gasteiger partial charge in [0.25, 0.3) is 5.69 Å². The van der Waals surface area contributed by atoms with Crippen LogP contribution in [0, 0.1) is 10.1 Å². The number of benzene rings is 2. The normalized spacial score (nSPS) is 12.7. The topological polar surface area (TPSA) is 60.2 Å². The Morgan fingerprint density at radius 3 is 2.32 bits per heavy atom. The van der Waals surface area contributed by atoms with Gasteiger partial charge in [0.05, 0.1) is 9.25 Å². The fraction of sp³-hybridized carbons (Fsp3) is 0.235. The van der Waals surface area contributed by atoms with Crippen LogP contribution < -0.4 is 0 Å². The molecule has 4 nitrogen and oxygen atoms in total. The van der Waals surface area contributed by atoms with Gasteiger partial charge < -0.3 is 0 Å². The van der Waals surface area contributed by atoms with Crippen molar-refractivity contribution >= 4 is 27.4 Å². The number of halogens is 1. The highest BCUT2D eigenvalue weighted by molar-refractivity contribution is 9.10. The van der Waals surface area contributed by atoms with Gasteiger partial charge in [0, 0.05) is 17.7 Å². The SMILES string of the molecule is CC(C)(Br)C(=O)c1ccc2c(c1)Cc1cc([N+](=O)[O-])ccc1-2. The predicted octanol–water partition coefficient (Wildman–Crippen LogP) is 4.52. The highest BCUT2D eigenvalue weighted by Crippen LogP contribution is 2.39. The summed E-state index contributed by atoms with van der Waals surface area (Å²) in [6.45, 7) is 3.64. The number of nitro benzene ring substituents is 1. The van der Waals surface area contributed by atoms with Crippen LogP contribution in [0.15, 0.2) is 36.4 Å². The molecule has 0 N–H and O–H groups in total. The fourth-order valence-electron chi connectivity index (χ4n) is 2.80. The molecule has 0 amide bonds. The van der Waals surface area contributed by atoms with Crippen molar-refractivity contribution in [2.75, 3.05) is 0 Å². The predicted molar refractivity (Wildman–Crippen MR) is 88.7 cm³/mol.